The molecule has 0 amide bonds. The SMILES string of the molecule is CCCCCCCC(CCC)N1CC[C@H]2NCCCO[C@@H]2C1. The highest BCUT2D eigenvalue weighted by Crippen LogP contribution is 2.23. The van der Waals surface area contributed by atoms with Crippen LogP contribution in [0.5, 0.6) is 0 Å². The molecule has 0 radical (unpaired) electrons. The zero-order chi connectivity index (χ0) is 15.6. The van der Waals surface area contributed by atoms with Crippen molar-refractivity contribution in [2.75, 3.05) is 26.2 Å². The second-order valence-electron chi connectivity index (χ2n) is 7.25. The van der Waals surface area contributed by atoms with E-state index in [1.165, 1.54) is 70.8 Å². The Labute approximate surface area is 138 Å². The fraction of sp³-hybridized carbons (Fsp3) is 1.00. The molecule has 1 N–H and O–H groups in total. The molecule has 2 saturated heterocycles. The Morgan fingerprint density at radius 2 is 1.95 bits per heavy atom. The van der Waals surface area contributed by atoms with E-state index in [-0.39, 0.29) is 0 Å². The zero-order valence-corrected chi connectivity index (χ0v) is 15.0. The monoisotopic (exact) mass is 310 g/mol. The summed E-state index contributed by atoms with van der Waals surface area (Å²) in [5.74, 6) is 0. The van der Waals surface area contributed by atoms with E-state index in [9.17, 15) is 0 Å². The number of rotatable bonds is 9. The number of fused-ring (bicyclic) bond motifs is 1. The van der Waals surface area contributed by atoms with Gasteiger partial charge in [0.2, 0.25) is 0 Å². The molecule has 0 aromatic heterocycles. The van der Waals surface area contributed by atoms with Crippen LogP contribution in [0.3, 0.4) is 0 Å². The Bertz CT molecular complexity index is 285. The summed E-state index contributed by atoms with van der Waals surface area (Å²) in [6, 6.07) is 1.39. The molecular formula is C19H38N2O. The third-order valence-corrected chi connectivity index (χ3v) is 5.43. The van der Waals surface area contributed by atoms with Crippen molar-refractivity contribution in [3.8, 4) is 0 Å². The predicted molar refractivity (Wildman–Crippen MR) is 94.4 cm³/mol. The van der Waals surface area contributed by atoms with Crippen LogP contribution < -0.4 is 5.32 Å². The summed E-state index contributed by atoms with van der Waals surface area (Å²) in [6.07, 6.45) is 13.9. The molecule has 0 saturated carbocycles. The predicted octanol–water partition coefficient (Wildman–Crippen LogP) is 3.97. The van der Waals surface area contributed by atoms with Crippen LogP contribution in [0.25, 0.3) is 0 Å². The Balaban J connectivity index is 1.77. The van der Waals surface area contributed by atoms with Gasteiger partial charge < -0.3 is 10.1 Å². The van der Waals surface area contributed by atoms with Crippen molar-refractivity contribution in [3.05, 3.63) is 0 Å². The Hall–Kier alpha value is -0.120. The number of nitrogens with zero attached hydrogens (tertiary/aromatic N) is 1. The van der Waals surface area contributed by atoms with Gasteiger partial charge >= 0.3 is 0 Å². The third kappa shape index (κ3) is 5.82. The molecule has 3 heteroatoms. The number of piperidine rings is 1. The molecule has 2 aliphatic rings. The van der Waals surface area contributed by atoms with E-state index >= 15 is 0 Å². The molecule has 2 heterocycles. The van der Waals surface area contributed by atoms with Gasteiger partial charge in [-0.1, -0.05) is 52.4 Å². The van der Waals surface area contributed by atoms with Crippen molar-refractivity contribution >= 4 is 0 Å². The quantitative estimate of drug-likeness (QED) is 0.652. The largest absolute Gasteiger partial charge is 0.375 e. The van der Waals surface area contributed by atoms with E-state index < -0.39 is 0 Å². The minimum absolute atomic E-state index is 0.427. The number of nitrogens with one attached hydrogen (secondary N) is 1. The van der Waals surface area contributed by atoms with Crippen LogP contribution in [0, 0.1) is 0 Å². The van der Waals surface area contributed by atoms with Crippen molar-refractivity contribution in [1.29, 1.82) is 0 Å². The van der Waals surface area contributed by atoms with Crippen molar-refractivity contribution in [2.45, 2.75) is 96.2 Å². The van der Waals surface area contributed by atoms with Crippen LogP contribution >= 0.6 is 0 Å². The van der Waals surface area contributed by atoms with Crippen molar-refractivity contribution in [2.24, 2.45) is 0 Å². The standard InChI is InChI=1S/C19H38N2O/c1-3-5-6-7-8-11-17(10-4-2)21-14-12-18-19(16-21)22-15-9-13-20-18/h17-20H,3-16H2,1-2H3/t17?,18-,19-/m1/s1. The van der Waals surface area contributed by atoms with Gasteiger partial charge in [-0.3, -0.25) is 4.90 Å². The van der Waals surface area contributed by atoms with E-state index in [0.29, 0.717) is 12.1 Å². The van der Waals surface area contributed by atoms with Crippen molar-refractivity contribution in [3.63, 3.8) is 0 Å². The lowest BCUT2D eigenvalue weighted by atomic mass is 9.95. The lowest BCUT2D eigenvalue weighted by Gasteiger charge is -2.41. The van der Waals surface area contributed by atoms with Gasteiger partial charge in [0.05, 0.1) is 6.10 Å². The van der Waals surface area contributed by atoms with Gasteiger partial charge in [0.1, 0.15) is 0 Å². The highest BCUT2D eigenvalue weighted by atomic mass is 16.5. The molecule has 0 bridgehead atoms. The van der Waals surface area contributed by atoms with Gasteiger partial charge in [-0.25, -0.2) is 0 Å². The highest BCUT2D eigenvalue weighted by molar-refractivity contribution is 4.90. The second-order valence-corrected chi connectivity index (χ2v) is 7.25. The zero-order valence-electron chi connectivity index (χ0n) is 15.0. The van der Waals surface area contributed by atoms with Crippen LogP contribution in [0.15, 0.2) is 0 Å². The maximum Gasteiger partial charge on any atom is 0.0855 e. The third-order valence-electron chi connectivity index (χ3n) is 5.43. The average molecular weight is 311 g/mol. The van der Waals surface area contributed by atoms with Gasteiger partial charge in [-0.15, -0.1) is 0 Å². The summed E-state index contributed by atoms with van der Waals surface area (Å²) in [7, 11) is 0. The topological polar surface area (TPSA) is 24.5 Å². The van der Waals surface area contributed by atoms with Crippen LogP contribution in [0.1, 0.15) is 78.1 Å². The molecule has 0 aliphatic carbocycles. The molecule has 0 aromatic rings. The first-order valence-electron chi connectivity index (χ1n) is 9.94. The Morgan fingerprint density at radius 1 is 1.09 bits per heavy atom. The van der Waals surface area contributed by atoms with E-state index in [0.717, 1.165) is 25.7 Å². The van der Waals surface area contributed by atoms with Gasteiger partial charge in [0.25, 0.3) is 0 Å². The molecule has 22 heavy (non-hydrogen) atoms. The molecule has 3 nitrogen and oxygen atoms in total. The first-order chi connectivity index (χ1) is 10.8. The smallest absolute Gasteiger partial charge is 0.0855 e. The second kappa shape index (κ2) is 10.6. The maximum atomic E-state index is 6.12. The Morgan fingerprint density at radius 3 is 2.77 bits per heavy atom. The van der Waals surface area contributed by atoms with Gasteiger partial charge in [-0.2, -0.15) is 0 Å². The normalized spacial score (nSPS) is 28.1. The van der Waals surface area contributed by atoms with Gasteiger partial charge in [0.15, 0.2) is 0 Å². The first-order valence-corrected chi connectivity index (χ1v) is 9.94. The van der Waals surface area contributed by atoms with Crippen molar-refractivity contribution in [1.82, 2.24) is 10.2 Å². The van der Waals surface area contributed by atoms with E-state index in [1.807, 2.05) is 0 Å². The first kappa shape index (κ1) is 18.2. The summed E-state index contributed by atoms with van der Waals surface area (Å²) in [5, 5.41) is 3.69. The summed E-state index contributed by atoms with van der Waals surface area (Å²) < 4.78 is 6.12. The van der Waals surface area contributed by atoms with Crippen LogP contribution in [0.4, 0.5) is 0 Å². The van der Waals surface area contributed by atoms with Crippen LogP contribution in [-0.2, 0) is 4.74 Å². The summed E-state index contributed by atoms with van der Waals surface area (Å²) in [6.45, 7) is 9.12. The number of unbranched alkanes of at least 4 members (excludes halogenated alkanes) is 4. The lowest BCUT2D eigenvalue weighted by Crippen LogP contribution is -2.55. The van der Waals surface area contributed by atoms with Crippen LogP contribution in [0.2, 0.25) is 0 Å². The van der Waals surface area contributed by atoms with E-state index in [2.05, 4.69) is 24.1 Å². The van der Waals surface area contributed by atoms with Crippen molar-refractivity contribution < 1.29 is 4.74 Å². The Kier molecular flexibility index (Phi) is 8.79. The van der Waals surface area contributed by atoms with Crippen LogP contribution in [-0.4, -0.2) is 49.3 Å². The average Bonchev–Trinajstić information content (AvgIpc) is 2.78. The summed E-state index contributed by atoms with van der Waals surface area (Å²) in [5.41, 5.74) is 0. The summed E-state index contributed by atoms with van der Waals surface area (Å²) >= 11 is 0. The highest BCUT2D eigenvalue weighted by Gasteiger charge is 2.33. The molecule has 130 valence electrons. The minimum atomic E-state index is 0.427. The summed E-state index contributed by atoms with van der Waals surface area (Å²) in [4.78, 5) is 2.75. The number of likely N-dealkylation sites (tertiary alicyclic amines) is 1. The maximum absolute atomic E-state index is 6.12. The molecule has 0 aromatic carbocycles. The lowest BCUT2D eigenvalue weighted by molar-refractivity contribution is -0.0234. The molecule has 1 unspecified atom stereocenters. The number of hydrogen-bond acceptors (Lipinski definition) is 3. The molecule has 2 aliphatic heterocycles. The van der Waals surface area contributed by atoms with Gasteiger partial charge in [-0.05, 0) is 32.2 Å². The minimum Gasteiger partial charge on any atom is -0.375 e. The van der Waals surface area contributed by atoms with E-state index in [4.69, 9.17) is 4.74 Å². The molecule has 0 spiro atoms. The van der Waals surface area contributed by atoms with Gasteiger partial charge in [0, 0.05) is 31.8 Å². The number of ether oxygens (including phenoxy) is 1. The molecule has 2 rings (SSSR count). The fourth-order valence-corrected chi connectivity index (χ4v) is 4.10. The fourth-order valence-electron chi connectivity index (χ4n) is 4.10. The molecular weight excluding hydrogens is 272 g/mol. The van der Waals surface area contributed by atoms with E-state index in [1.54, 1.807) is 0 Å². The molecule has 3 atom stereocenters. The number of hydrogen-bond donors (Lipinski definition) is 1. The molecule has 2 fully saturated rings.